The zero-order valence-corrected chi connectivity index (χ0v) is 21.4. The van der Waals surface area contributed by atoms with Crippen molar-refractivity contribution >= 4 is 29.1 Å². The Kier molecular flexibility index (Phi) is 7.13. The van der Waals surface area contributed by atoms with E-state index in [9.17, 15) is 18.8 Å². The predicted octanol–water partition coefficient (Wildman–Crippen LogP) is 3.98. The Balaban J connectivity index is 1.30. The molecule has 3 aromatic carbocycles. The van der Waals surface area contributed by atoms with Crippen LogP contribution in [-0.4, -0.2) is 59.4 Å². The maximum absolute atomic E-state index is 13.9. The van der Waals surface area contributed by atoms with Gasteiger partial charge in [-0.05, 0) is 67.3 Å². The number of carbonyl (C=O) groups excluding carboxylic acids is 3. The molecule has 1 spiro atoms. The van der Waals surface area contributed by atoms with Gasteiger partial charge < -0.3 is 20.0 Å². The Hall–Kier alpha value is -4.20. The van der Waals surface area contributed by atoms with Crippen LogP contribution in [0.1, 0.15) is 24.0 Å². The van der Waals surface area contributed by atoms with Crippen molar-refractivity contribution in [3.63, 3.8) is 0 Å². The van der Waals surface area contributed by atoms with Gasteiger partial charge in [-0.1, -0.05) is 42.5 Å². The average molecular weight is 515 g/mol. The number of rotatable bonds is 6. The van der Waals surface area contributed by atoms with E-state index in [1.54, 1.807) is 21.9 Å². The molecule has 5 rings (SSSR count). The van der Waals surface area contributed by atoms with Crippen LogP contribution in [0.2, 0.25) is 0 Å². The fraction of sp³-hybridized carbons (Fsp3) is 0.300. The van der Waals surface area contributed by atoms with E-state index in [4.69, 9.17) is 0 Å². The van der Waals surface area contributed by atoms with E-state index >= 15 is 0 Å². The lowest BCUT2D eigenvalue weighted by molar-refractivity contribution is -0.139. The monoisotopic (exact) mass is 514 g/mol. The molecule has 0 radical (unpaired) electrons. The van der Waals surface area contributed by atoms with Gasteiger partial charge in [-0.2, -0.15) is 0 Å². The van der Waals surface area contributed by atoms with Crippen LogP contribution in [0.25, 0.3) is 0 Å². The van der Waals surface area contributed by atoms with Crippen LogP contribution in [-0.2, 0) is 20.8 Å². The SMILES string of the molecule is Cc1cccc(NC(=O)CN2CN(c3ccccc3)C3(CCN(C(=O)Cc4ccc(F)cc4)CC3)C2=O)c1. The molecule has 3 aromatic rings. The first-order valence-electron chi connectivity index (χ1n) is 12.8. The highest BCUT2D eigenvalue weighted by molar-refractivity contribution is 5.99. The topological polar surface area (TPSA) is 73.0 Å². The lowest BCUT2D eigenvalue weighted by Gasteiger charge is -2.43. The van der Waals surface area contributed by atoms with Gasteiger partial charge in [0.05, 0.1) is 13.1 Å². The number of likely N-dealkylation sites (tertiary alicyclic amines) is 1. The van der Waals surface area contributed by atoms with E-state index in [0.29, 0.717) is 38.3 Å². The first-order valence-corrected chi connectivity index (χ1v) is 12.8. The Labute approximate surface area is 221 Å². The van der Waals surface area contributed by atoms with Gasteiger partial charge in [0.25, 0.3) is 5.91 Å². The summed E-state index contributed by atoms with van der Waals surface area (Å²) in [5.41, 5.74) is 2.58. The van der Waals surface area contributed by atoms with Gasteiger partial charge >= 0.3 is 0 Å². The smallest absolute Gasteiger partial charge is 0.250 e. The molecule has 2 heterocycles. The van der Waals surface area contributed by atoms with Crippen LogP contribution in [0, 0.1) is 12.7 Å². The van der Waals surface area contributed by atoms with Crippen molar-refractivity contribution in [2.75, 3.05) is 36.5 Å². The molecule has 196 valence electrons. The normalized spacial score (nSPS) is 16.7. The number of hydrogen-bond donors (Lipinski definition) is 1. The molecule has 2 fully saturated rings. The molecule has 8 heteroatoms. The molecule has 1 N–H and O–H groups in total. The number of carbonyl (C=O) groups is 3. The van der Waals surface area contributed by atoms with E-state index in [-0.39, 0.29) is 36.5 Å². The van der Waals surface area contributed by atoms with Gasteiger partial charge in [0.2, 0.25) is 11.8 Å². The van der Waals surface area contributed by atoms with Crippen LogP contribution in [0.15, 0.2) is 78.9 Å². The van der Waals surface area contributed by atoms with E-state index in [2.05, 4.69) is 10.2 Å². The number of anilines is 2. The Morgan fingerprint density at radius 2 is 1.66 bits per heavy atom. The van der Waals surface area contributed by atoms with Crippen molar-refractivity contribution < 1.29 is 18.8 Å². The van der Waals surface area contributed by atoms with Crippen molar-refractivity contribution in [3.8, 4) is 0 Å². The largest absolute Gasteiger partial charge is 0.342 e. The summed E-state index contributed by atoms with van der Waals surface area (Å²) in [5, 5.41) is 2.90. The Morgan fingerprint density at radius 1 is 0.947 bits per heavy atom. The zero-order valence-electron chi connectivity index (χ0n) is 21.4. The van der Waals surface area contributed by atoms with Crippen molar-refractivity contribution in [3.05, 3.63) is 95.8 Å². The molecule has 0 bridgehead atoms. The van der Waals surface area contributed by atoms with Gasteiger partial charge in [0.1, 0.15) is 17.9 Å². The molecule has 0 atom stereocenters. The minimum Gasteiger partial charge on any atom is -0.342 e. The highest BCUT2D eigenvalue weighted by atomic mass is 19.1. The number of halogens is 1. The van der Waals surface area contributed by atoms with Crippen molar-refractivity contribution in [2.24, 2.45) is 0 Å². The van der Waals surface area contributed by atoms with Crippen LogP contribution < -0.4 is 10.2 Å². The first-order chi connectivity index (χ1) is 18.3. The molecule has 7 nitrogen and oxygen atoms in total. The van der Waals surface area contributed by atoms with E-state index in [1.807, 2.05) is 61.5 Å². The molecule has 3 amide bonds. The van der Waals surface area contributed by atoms with Crippen molar-refractivity contribution in [2.45, 2.75) is 31.7 Å². The van der Waals surface area contributed by atoms with Gasteiger partial charge in [-0.25, -0.2) is 4.39 Å². The highest BCUT2D eigenvalue weighted by Gasteiger charge is 2.54. The molecular formula is C30H31FN4O3. The zero-order chi connectivity index (χ0) is 26.7. The Morgan fingerprint density at radius 3 is 2.34 bits per heavy atom. The molecule has 0 aliphatic carbocycles. The quantitative estimate of drug-likeness (QED) is 0.540. The van der Waals surface area contributed by atoms with Gasteiger partial charge in [0.15, 0.2) is 0 Å². The molecule has 0 saturated carbocycles. The third-order valence-electron chi connectivity index (χ3n) is 7.43. The molecule has 2 saturated heterocycles. The number of benzene rings is 3. The summed E-state index contributed by atoms with van der Waals surface area (Å²) in [5.74, 6) is -0.719. The van der Waals surface area contributed by atoms with Crippen LogP contribution >= 0.6 is 0 Å². The second kappa shape index (κ2) is 10.7. The minimum absolute atomic E-state index is 0.0439. The lowest BCUT2D eigenvalue weighted by atomic mass is 9.85. The van der Waals surface area contributed by atoms with Gasteiger partial charge in [-0.3, -0.25) is 14.4 Å². The van der Waals surface area contributed by atoms with Gasteiger partial charge in [0, 0.05) is 24.5 Å². The third kappa shape index (κ3) is 5.25. The second-order valence-corrected chi connectivity index (χ2v) is 10.0. The number of hydrogen-bond acceptors (Lipinski definition) is 4. The summed E-state index contributed by atoms with van der Waals surface area (Å²) < 4.78 is 13.2. The third-order valence-corrected chi connectivity index (χ3v) is 7.43. The number of nitrogens with zero attached hydrogens (tertiary/aromatic N) is 3. The fourth-order valence-corrected chi connectivity index (χ4v) is 5.43. The predicted molar refractivity (Wildman–Crippen MR) is 144 cm³/mol. The van der Waals surface area contributed by atoms with Crippen LogP contribution in [0.3, 0.4) is 0 Å². The number of piperidine rings is 1. The van der Waals surface area contributed by atoms with Crippen LogP contribution in [0.4, 0.5) is 15.8 Å². The van der Waals surface area contributed by atoms with E-state index in [0.717, 1.165) is 16.8 Å². The molecule has 38 heavy (non-hydrogen) atoms. The fourth-order valence-electron chi connectivity index (χ4n) is 5.43. The summed E-state index contributed by atoms with van der Waals surface area (Å²) in [6, 6.07) is 23.2. The number of amides is 3. The summed E-state index contributed by atoms with van der Waals surface area (Å²) >= 11 is 0. The number of nitrogens with one attached hydrogen (secondary N) is 1. The van der Waals surface area contributed by atoms with E-state index in [1.165, 1.54) is 12.1 Å². The first kappa shape index (κ1) is 25.4. The second-order valence-electron chi connectivity index (χ2n) is 10.0. The molecule has 0 aromatic heterocycles. The summed E-state index contributed by atoms with van der Waals surface area (Å²) in [4.78, 5) is 45.2. The highest BCUT2D eigenvalue weighted by Crippen LogP contribution is 2.39. The minimum atomic E-state index is -0.822. The number of para-hydroxylation sites is 1. The average Bonchev–Trinajstić information content (AvgIpc) is 3.17. The van der Waals surface area contributed by atoms with Crippen molar-refractivity contribution in [1.82, 2.24) is 9.80 Å². The Bertz CT molecular complexity index is 1320. The molecular weight excluding hydrogens is 483 g/mol. The van der Waals surface area contributed by atoms with Crippen molar-refractivity contribution in [1.29, 1.82) is 0 Å². The standard InChI is InChI=1S/C30H31FN4O3/c1-22-6-5-7-25(18-22)32-27(36)20-34-21-35(26-8-3-2-4-9-26)30(29(34)38)14-16-33(17-15-30)28(37)19-23-10-12-24(31)13-11-23/h2-13,18H,14-17,19-21H2,1H3,(H,32,36). The lowest BCUT2D eigenvalue weighted by Crippen LogP contribution is -2.57. The maximum Gasteiger partial charge on any atom is 0.250 e. The van der Waals surface area contributed by atoms with E-state index < -0.39 is 5.54 Å². The number of aryl methyl sites for hydroxylation is 1. The summed E-state index contributed by atoms with van der Waals surface area (Å²) in [6.07, 6.45) is 1.12. The van der Waals surface area contributed by atoms with Crippen LogP contribution in [0.5, 0.6) is 0 Å². The molecule has 2 aliphatic heterocycles. The summed E-state index contributed by atoms with van der Waals surface area (Å²) in [7, 11) is 0. The molecule has 0 unspecified atom stereocenters. The molecule has 2 aliphatic rings. The van der Waals surface area contributed by atoms with Gasteiger partial charge in [-0.15, -0.1) is 0 Å². The summed E-state index contributed by atoms with van der Waals surface area (Å²) in [6.45, 7) is 3.06. The maximum atomic E-state index is 13.9.